The molecule has 2 N–H and O–H groups in total. The second-order valence-corrected chi connectivity index (χ2v) is 8.63. The van der Waals surface area contributed by atoms with Crippen molar-refractivity contribution in [3.05, 3.63) is 71.8 Å². The van der Waals surface area contributed by atoms with Gasteiger partial charge in [0.15, 0.2) is 0 Å². The Bertz CT molecular complexity index is 747. The average molecular weight is 413 g/mol. The summed E-state index contributed by atoms with van der Waals surface area (Å²) in [5, 5.41) is 0. The SMILES string of the molecule is Cl.NC(=O)C(CCN1CCCC12CCCCC2)(c1ccccc1)c1ccccc1. The van der Waals surface area contributed by atoms with E-state index in [0.29, 0.717) is 5.54 Å². The molecule has 1 aliphatic heterocycles. The van der Waals surface area contributed by atoms with Crippen LogP contribution in [0.2, 0.25) is 0 Å². The topological polar surface area (TPSA) is 46.3 Å². The summed E-state index contributed by atoms with van der Waals surface area (Å²) < 4.78 is 0. The third-order valence-electron chi connectivity index (χ3n) is 7.24. The molecule has 3 nitrogen and oxygen atoms in total. The number of likely N-dealkylation sites (tertiary alicyclic amines) is 1. The molecule has 4 rings (SSSR count). The lowest BCUT2D eigenvalue weighted by atomic mass is 9.71. The lowest BCUT2D eigenvalue weighted by Crippen LogP contribution is -2.49. The monoisotopic (exact) mass is 412 g/mol. The summed E-state index contributed by atoms with van der Waals surface area (Å²) in [4.78, 5) is 15.7. The summed E-state index contributed by atoms with van der Waals surface area (Å²) in [5.41, 5.74) is 7.74. The van der Waals surface area contributed by atoms with E-state index < -0.39 is 5.41 Å². The molecular formula is C25H33ClN2O. The normalized spacial score (nSPS) is 19.0. The molecule has 0 atom stereocenters. The number of rotatable bonds is 6. The zero-order chi connectivity index (χ0) is 19.5. The van der Waals surface area contributed by atoms with E-state index in [0.717, 1.165) is 30.6 Å². The maximum Gasteiger partial charge on any atom is 0.232 e. The van der Waals surface area contributed by atoms with Crippen LogP contribution >= 0.6 is 12.4 Å². The van der Waals surface area contributed by atoms with Gasteiger partial charge in [-0.25, -0.2) is 0 Å². The smallest absolute Gasteiger partial charge is 0.232 e. The molecule has 2 aromatic rings. The summed E-state index contributed by atoms with van der Waals surface area (Å²) in [6, 6.07) is 20.2. The standard InChI is InChI=1S/C25H32N2O.ClH/c26-23(28)25(21-11-4-1-5-12-21,22-13-6-2-7-14-22)18-20-27-19-10-17-24(27)15-8-3-9-16-24;/h1-2,4-7,11-14H,3,8-10,15-20H2,(H2,26,28);1H. The van der Waals surface area contributed by atoms with Gasteiger partial charge in [-0.3, -0.25) is 9.69 Å². The molecule has 156 valence electrons. The summed E-state index contributed by atoms with van der Waals surface area (Å²) >= 11 is 0. The zero-order valence-electron chi connectivity index (χ0n) is 17.2. The van der Waals surface area contributed by atoms with Crippen molar-refractivity contribution in [2.75, 3.05) is 13.1 Å². The van der Waals surface area contributed by atoms with Crippen LogP contribution in [0, 0.1) is 0 Å². The Labute approximate surface area is 181 Å². The molecule has 1 spiro atoms. The van der Waals surface area contributed by atoms with Gasteiger partial charge in [-0.1, -0.05) is 79.9 Å². The van der Waals surface area contributed by atoms with Gasteiger partial charge < -0.3 is 5.73 Å². The molecular weight excluding hydrogens is 380 g/mol. The maximum absolute atomic E-state index is 13.0. The molecule has 0 aromatic heterocycles. The first kappa shape index (κ1) is 21.9. The molecule has 1 amide bonds. The number of halogens is 1. The Hall–Kier alpha value is -1.84. The van der Waals surface area contributed by atoms with E-state index in [-0.39, 0.29) is 18.3 Å². The van der Waals surface area contributed by atoms with Gasteiger partial charge in [0.25, 0.3) is 0 Å². The summed E-state index contributed by atoms with van der Waals surface area (Å²) in [5.74, 6) is -0.248. The molecule has 1 aliphatic carbocycles. The molecule has 29 heavy (non-hydrogen) atoms. The minimum absolute atomic E-state index is 0. The summed E-state index contributed by atoms with van der Waals surface area (Å²) in [6.45, 7) is 2.07. The number of amides is 1. The highest BCUT2D eigenvalue weighted by Gasteiger charge is 2.45. The van der Waals surface area contributed by atoms with Gasteiger partial charge in [0.1, 0.15) is 0 Å². The van der Waals surface area contributed by atoms with Crippen molar-refractivity contribution in [2.24, 2.45) is 5.73 Å². The van der Waals surface area contributed by atoms with Crippen LogP contribution in [0.25, 0.3) is 0 Å². The second-order valence-electron chi connectivity index (χ2n) is 8.63. The fraction of sp³-hybridized carbons (Fsp3) is 0.480. The Balaban J connectivity index is 0.00000240. The number of hydrogen-bond acceptors (Lipinski definition) is 2. The van der Waals surface area contributed by atoms with Crippen molar-refractivity contribution >= 4 is 18.3 Å². The van der Waals surface area contributed by atoms with Crippen LogP contribution in [0.4, 0.5) is 0 Å². The molecule has 4 heteroatoms. The van der Waals surface area contributed by atoms with Crippen molar-refractivity contribution in [1.82, 2.24) is 4.90 Å². The van der Waals surface area contributed by atoms with Crippen molar-refractivity contribution in [3.8, 4) is 0 Å². The minimum Gasteiger partial charge on any atom is -0.369 e. The maximum atomic E-state index is 13.0. The van der Waals surface area contributed by atoms with Crippen molar-refractivity contribution < 1.29 is 4.79 Å². The van der Waals surface area contributed by atoms with Crippen molar-refractivity contribution in [3.63, 3.8) is 0 Å². The van der Waals surface area contributed by atoms with Crippen LogP contribution in [-0.4, -0.2) is 29.4 Å². The number of carbonyl (C=O) groups is 1. The molecule has 0 bridgehead atoms. The highest BCUT2D eigenvalue weighted by molar-refractivity contribution is 5.90. The van der Waals surface area contributed by atoms with Crippen molar-refractivity contribution in [2.45, 2.75) is 62.3 Å². The van der Waals surface area contributed by atoms with Gasteiger partial charge in [0.2, 0.25) is 5.91 Å². The predicted octanol–water partition coefficient (Wildman–Crippen LogP) is 5.07. The fourth-order valence-electron chi connectivity index (χ4n) is 5.73. The third-order valence-corrected chi connectivity index (χ3v) is 7.24. The van der Waals surface area contributed by atoms with Crippen molar-refractivity contribution in [1.29, 1.82) is 0 Å². The van der Waals surface area contributed by atoms with Crippen LogP contribution < -0.4 is 5.73 Å². The van der Waals surface area contributed by atoms with Crippen LogP contribution in [0.5, 0.6) is 0 Å². The number of nitrogens with zero attached hydrogens (tertiary/aromatic N) is 1. The Kier molecular flexibility index (Phi) is 7.02. The predicted molar refractivity (Wildman–Crippen MR) is 121 cm³/mol. The number of nitrogens with two attached hydrogens (primary N) is 1. The first-order valence-electron chi connectivity index (χ1n) is 10.8. The molecule has 1 saturated heterocycles. The van der Waals surface area contributed by atoms with E-state index in [1.807, 2.05) is 36.4 Å². The van der Waals surface area contributed by atoms with Crippen LogP contribution in [0.1, 0.15) is 62.5 Å². The molecule has 0 radical (unpaired) electrons. The Morgan fingerprint density at radius 1 is 0.862 bits per heavy atom. The van der Waals surface area contributed by atoms with E-state index >= 15 is 0 Å². The van der Waals surface area contributed by atoms with Gasteiger partial charge >= 0.3 is 0 Å². The number of hydrogen-bond donors (Lipinski definition) is 1. The van der Waals surface area contributed by atoms with Crippen LogP contribution in [0.3, 0.4) is 0 Å². The first-order valence-corrected chi connectivity index (χ1v) is 10.8. The largest absolute Gasteiger partial charge is 0.369 e. The van der Waals surface area contributed by atoms with E-state index in [1.54, 1.807) is 0 Å². The van der Waals surface area contributed by atoms with Gasteiger partial charge in [-0.2, -0.15) is 0 Å². The average Bonchev–Trinajstić information content (AvgIpc) is 3.12. The molecule has 1 saturated carbocycles. The highest BCUT2D eigenvalue weighted by atomic mass is 35.5. The van der Waals surface area contributed by atoms with E-state index in [2.05, 4.69) is 29.2 Å². The minimum atomic E-state index is -0.777. The number of benzene rings is 2. The van der Waals surface area contributed by atoms with Gasteiger partial charge in [-0.15, -0.1) is 12.4 Å². The highest BCUT2D eigenvalue weighted by Crippen LogP contribution is 2.43. The number of primary amides is 1. The molecule has 0 unspecified atom stereocenters. The van der Waals surface area contributed by atoms with E-state index in [1.165, 1.54) is 44.9 Å². The summed E-state index contributed by atoms with van der Waals surface area (Å²) in [7, 11) is 0. The van der Waals surface area contributed by atoms with Crippen LogP contribution in [0.15, 0.2) is 60.7 Å². The molecule has 2 fully saturated rings. The fourth-order valence-corrected chi connectivity index (χ4v) is 5.73. The first-order chi connectivity index (χ1) is 13.7. The lowest BCUT2D eigenvalue weighted by molar-refractivity contribution is -0.122. The summed E-state index contributed by atoms with van der Waals surface area (Å²) in [6.07, 6.45) is 10.0. The molecule has 1 heterocycles. The third kappa shape index (κ3) is 4.08. The quantitative estimate of drug-likeness (QED) is 0.719. The van der Waals surface area contributed by atoms with E-state index in [4.69, 9.17) is 5.73 Å². The Morgan fingerprint density at radius 2 is 1.38 bits per heavy atom. The molecule has 2 aliphatic rings. The zero-order valence-corrected chi connectivity index (χ0v) is 18.0. The van der Waals surface area contributed by atoms with E-state index in [9.17, 15) is 4.79 Å². The second kappa shape index (κ2) is 9.32. The van der Waals surface area contributed by atoms with Gasteiger partial charge in [-0.05, 0) is 49.8 Å². The van der Waals surface area contributed by atoms with Gasteiger partial charge in [0, 0.05) is 12.1 Å². The Morgan fingerprint density at radius 3 is 1.90 bits per heavy atom. The van der Waals surface area contributed by atoms with Crippen LogP contribution in [-0.2, 0) is 10.2 Å². The number of carbonyl (C=O) groups excluding carboxylic acids is 1. The lowest BCUT2D eigenvalue weighted by Gasteiger charge is -2.43. The molecule has 2 aromatic carbocycles. The van der Waals surface area contributed by atoms with Gasteiger partial charge in [0.05, 0.1) is 5.41 Å².